The summed E-state index contributed by atoms with van der Waals surface area (Å²) >= 11 is 4.77. The van der Waals surface area contributed by atoms with Crippen LogP contribution < -0.4 is 10.5 Å². The van der Waals surface area contributed by atoms with E-state index in [0.717, 1.165) is 15.2 Å². The molecule has 8 heteroatoms. The van der Waals surface area contributed by atoms with E-state index in [2.05, 4.69) is 25.6 Å². The third kappa shape index (κ3) is 3.78. The van der Waals surface area contributed by atoms with Gasteiger partial charge in [0.25, 0.3) is 0 Å². The standard InChI is InChI=1S/C12H14BrN3O2S2/c1-8-7-19-12(16-8)4-5-15-20(17,18)11-3-2-9(13)6-10(11)14/h2-3,6-7,15H,4-5,14H2,1H3. The van der Waals surface area contributed by atoms with Crippen molar-refractivity contribution in [3.8, 4) is 0 Å². The summed E-state index contributed by atoms with van der Waals surface area (Å²) in [6, 6.07) is 4.70. The molecule has 108 valence electrons. The van der Waals surface area contributed by atoms with Crippen molar-refractivity contribution >= 4 is 43.0 Å². The number of hydrogen-bond donors (Lipinski definition) is 2. The number of nitrogen functional groups attached to an aromatic ring is 1. The summed E-state index contributed by atoms with van der Waals surface area (Å²) < 4.78 is 27.6. The molecule has 0 atom stereocenters. The average molecular weight is 376 g/mol. The maximum Gasteiger partial charge on any atom is 0.242 e. The van der Waals surface area contributed by atoms with E-state index in [0.29, 0.717) is 13.0 Å². The first-order valence-electron chi connectivity index (χ1n) is 5.84. The van der Waals surface area contributed by atoms with Crippen LogP contribution in [-0.4, -0.2) is 19.9 Å². The molecule has 2 aromatic rings. The van der Waals surface area contributed by atoms with Gasteiger partial charge in [0.15, 0.2) is 0 Å². The summed E-state index contributed by atoms with van der Waals surface area (Å²) in [6.07, 6.45) is 0.564. The van der Waals surface area contributed by atoms with Gasteiger partial charge in [0.2, 0.25) is 10.0 Å². The molecule has 2 rings (SSSR count). The largest absolute Gasteiger partial charge is 0.398 e. The Morgan fingerprint density at radius 2 is 2.20 bits per heavy atom. The van der Waals surface area contributed by atoms with E-state index in [-0.39, 0.29) is 10.6 Å². The summed E-state index contributed by atoms with van der Waals surface area (Å²) in [4.78, 5) is 4.38. The molecule has 1 aromatic heterocycles. The van der Waals surface area contributed by atoms with E-state index < -0.39 is 10.0 Å². The van der Waals surface area contributed by atoms with Gasteiger partial charge in [0.1, 0.15) is 4.90 Å². The zero-order valence-corrected chi connectivity index (χ0v) is 14.0. The Balaban J connectivity index is 2.04. The normalized spacial score (nSPS) is 11.7. The summed E-state index contributed by atoms with van der Waals surface area (Å²) in [5.74, 6) is 0. The van der Waals surface area contributed by atoms with Crippen molar-refractivity contribution in [2.75, 3.05) is 12.3 Å². The number of aryl methyl sites for hydroxylation is 1. The van der Waals surface area contributed by atoms with E-state index in [1.54, 1.807) is 12.1 Å². The van der Waals surface area contributed by atoms with Crippen LogP contribution >= 0.6 is 27.3 Å². The molecular formula is C12H14BrN3O2S2. The number of hydrogen-bond acceptors (Lipinski definition) is 5. The molecule has 0 spiro atoms. The van der Waals surface area contributed by atoms with Crippen LogP contribution in [0.4, 0.5) is 5.69 Å². The molecule has 0 aliphatic heterocycles. The number of aromatic nitrogens is 1. The van der Waals surface area contributed by atoms with Gasteiger partial charge in [-0.25, -0.2) is 18.1 Å². The van der Waals surface area contributed by atoms with Crippen LogP contribution in [0.15, 0.2) is 32.9 Å². The van der Waals surface area contributed by atoms with Crippen LogP contribution in [0.1, 0.15) is 10.7 Å². The Morgan fingerprint density at radius 1 is 1.45 bits per heavy atom. The van der Waals surface area contributed by atoms with E-state index in [1.807, 2.05) is 12.3 Å². The van der Waals surface area contributed by atoms with E-state index in [1.165, 1.54) is 17.4 Å². The van der Waals surface area contributed by atoms with Gasteiger partial charge in [-0.2, -0.15) is 0 Å². The molecule has 0 fully saturated rings. The summed E-state index contributed by atoms with van der Waals surface area (Å²) in [5, 5.41) is 2.85. The fourth-order valence-electron chi connectivity index (χ4n) is 1.65. The number of anilines is 1. The van der Waals surface area contributed by atoms with E-state index in [9.17, 15) is 8.42 Å². The molecular weight excluding hydrogens is 362 g/mol. The lowest BCUT2D eigenvalue weighted by molar-refractivity contribution is 0.582. The summed E-state index contributed by atoms with van der Waals surface area (Å²) in [5.41, 5.74) is 6.90. The Bertz CT molecular complexity index is 713. The number of sulfonamides is 1. The first kappa shape index (κ1) is 15.4. The van der Waals surface area contributed by atoms with Crippen LogP contribution in [0.25, 0.3) is 0 Å². The van der Waals surface area contributed by atoms with Crippen molar-refractivity contribution < 1.29 is 8.42 Å². The molecule has 1 aromatic carbocycles. The van der Waals surface area contributed by atoms with Gasteiger partial charge in [-0.05, 0) is 25.1 Å². The number of nitrogens with zero attached hydrogens (tertiary/aromatic N) is 1. The van der Waals surface area contributed by atoms with Crippen molar-refractivity contribution in [1.82, 2.24) is 9.71 Å². The van der Waals surface area contributed by atoms with Gasteiger partial charge in [-0.3, -0.25) is 0 Å². The number of benzene rings is 1. The molecule has 0 radical (unpaired) electrons. The maximum atomic E-state index is 12.1. The fraction of sp³-hybridized carbons (Fsp3) is 0.250. The van der Waals surface area contributed by atoms with Crippen LogP contribution in [0, 0.1) is 6.92 Å². The Hall–Kier alpha value is -0.960. The summed E-state index contributed by atoms with van der Waals surface area (Å²) in [6.45, 7) is 2.21. The van der Waals surface area contributed by atoms with Crippen molar-refractivity contribution in [1.29, 1.82) is 0 Å². The number of nitrogens with one attached hydrogen (secondary N) is 1. The third-order valence-electron chi connectivity index (χ3n) is 2.56. The average Bonchev–Trinajstić information content (AvgIpc) is 2.74. The summed E-state index contributed by atoms with van der Waals surface area (Å²) in [7, 11) is -3.59. The Labute approximate surface area is 130 Å². The van der Waals surface area contributed by atoms with E-state index >= 15 is 0 Å². The first-order chi connectivity index (χ1) is 9.38. The second-order valence-corrected chi connectivity index (χ2v) is 7.81. The highest BCUT2D eigenvalue weighted by Gasteiger charge is 2.17. The SMILES string of the molecule is Cc1csc(CCNS(=O)(=O)c2ccc(Br)cc2N)n1. The fourth-order valence-corrected chi connectivity index (χ4v) is 3.95. The topological polar surface area (TPSA) is 85.1 Å². The Kier molecular flexibility index (Phi) is 4.79. The second-order valence-electron chi connectivity index (χ2n) is 4.21. The lowest BCUT2D eigenvalue weighted by Crippen LogP contribution is -2.26. The highest BCUT2D eigenvalue weighted by atomic mass is 79.9. The molecule has 0 aliphatic carbocycles. The number of thiazole rings is 1. The monoisotopic (exact) mass is 375 g/mol. The maximum absolute atomic E-state index is 12.1. The number of nitrogens with two attached hydrogens (primary N) is 1. The molecule has 0 saturated carbocycles. The van der Waals surface area contributed by atoms with Crippen LogP contribution in [-0.2, 0) is 16.4 Å². The van der Waals surface area contributed by atoms with Crippen LogP contribution in [0.2, 0.25) is 0 Å². The molecule has 20 heavy (non-hydrogen) atoms. The highest BCUT2D eigenvalue weighted by Crippen LogP contribution is 2.22. The second kappa shape index (κ2) is 6.21. The lowest BCUT2D eigenvalue weighted by Gasteiger charge is -2.08. The molecule has 0 unspecified atom stereocenters. The minimum atomic E-state index is -3.59. The quantitative estimate of drug-likeness (QED) is 0.785. The van der Waals surface area contributed by atoms with Crippen molar-refractivity contribution in [2.45, 2.75) is 18.2 Å². The van der Waals surface area contributed by atoms with Crippen molar-refractivity contribution in [3.05, 3.63) is 38.8 Å². The predicted octanol–water partition coefficient (Wildman–Crippen LogP) is 2.32. The highest BCUT2D eigenvalue weighted by molar-refractivity contribution is 9.10. The van der Waals surface area contributed by atoms with Crippen molar-refractivity contribution in [3.63, 3.8) is 0 Å². The third-order valence-corrected chi connectivity index (χ3v) is 5.61. The van der Waals surface area contributed by atoms with Gasteiger partial charge in [0.05, 0.1) is 10.7 Å². The van der Waals surface area contributed by atoms with Gasteiger partial charge in [0, 0.05) is 28.5 Å². The zero-order valence-electron chi connectivity index (χ0n) is 10.8. The molecule has 0 aliphatic rings. The molecule has 0 saturated heterocycles. The number of rotatable bonds is 5. The molecule has 1 heterocycles. The minimum Gasteiger partial charge on any atom is -0.398 e. The van der Waals surface area contributed by atoms with E-state index in [4.69, 9.17) is 5.73 Å². The molecule has 0 amide bonds. The zero-order chi connectivity index (χ0) is 14.8. The molecule has 5 nitrogen and oxygen atoms in total. The predicted molar refractivity (Wildman–Crippen MR) is 84.3 cm³/mol. The lowest BCUT2D eigenvalue weighted by atomic mass is 10.3. The minimum absolute atomic E-state index is 0.0935. The molecule has 3 N–H and O–H groups in total. The van der Waals surface area contributed by atoms with Crippen LogP contribution in [0.5, 0.6) is 0 Å². The van der Waals surface area contributed by atoms with Gasteiger partial charge in [-0.15, -0.1) is 11.3 Å². The smallest absolute Gasteiger partial charge is 0.242 e. The van der Waals surface area contributed by atoms with Gasteiger partial charge < -0.3 is 5.73 Å². The van der Waals surface area contributed by atoms with Crippen molar-refractivity contribution in [2.24, 2.45) is 0 Å². The van der Waals surface area contributed by atoms with Gasteiger partial charge >= 0.3 is 0 Å². The first-order valence-corrected chi connectivity index (χ1v) is 9.00. The molecule has 0 bridgehead atoms. The van der Waals surface area contributed by atoms with Crippen LogP contribution in [0.3, 0.4) is 0 Å². The number of halogens is 1. The Morgan fingerprint density at radius 3 is 2.80 bits per heavy atom. The van der Waals surface area contributed by atoms with Gasteiger partial charge in [-0.1, -0.05) is 15.9 Å².